The van der Waals surface area contributed by atoms with Crippen LogP contribution in [0.5, 0.6) is 5.75 Å². The fraction of sp³-hybridized carbons (Fsp3) is 0.100. The fourth-order valence-electron chi connectivity index (χ4n) is 1.36. The minimum Gasteiger partial charge on any atom is -0.463 e. The van der Waals surface area contributed by atoms with Crippen molar-refractivity contribution in [1.29, 1.82) is 5.26 Å². The molecule has 0 saturated carbocycles. The average Bonchev–Trinajstić information content (AvgIpc) is 2.77. The summed E-state index contributed by atoms with van der Waals surface area (Å²) >= 11 is 0. The molecule has 0 saturated heterocycles. The summed E-state index contributed by atoms with van der Waals surface area (Å²) in [5.41, 5.74) is -5.52. The SMILES string of the molecule is N#Cc1ccc(OS(=O)(=O)C(F)(F)F)c2ccoc12. The van der Waals surface area contributed by atoms with E-state index in [0.29, 0.717) is 0 Å². The summed E-state index contributed by atoms with van der Waals surface area (Å²) in [4.78, 5) is 0. The highest BCUT2D eigenvalue weighted by molar-refractivity contribution is 7.88. The van der Waals surface area contributed by atoms with E-state index in [9.17, 15) is 21.6 Å². The van der Waals surface area contributed by atoms with Crippen LogP contribution >= 0.6 is 0 Å². The second-order valence-electron chi connectivity index (χ2n) is 3.37. The molecule has 0 unspecified atom stereocenters. The Morgan fingerprint density at radius 2 is 1.95 bits per heavy atom. The third-order valence-electron chi connectivity index (χ3n) is 2.18. The first-order valence-electron chi connectivity index (χ1n) is 4.67. The van der Waals surface area contributed by atoms with E-state index in [1.54, 1.807) is 6.07 Å². The van der Waals surface area contributed by atoms with Crippen LogP contribution in [0, 0.1) is 11.3 Å². The maximum absolute atomic E-state index is 12.2. The van der Waals surface area contributed by atoms with Crippen LogP contribution in [0.25, 0.3) is 11.0 Å². The molecule has 0 bridgehead atoms. The predicted octanol–water partition coefficient (Wildman–Crippen LogP) is 2.53. The summed E-state index contributed by atoms with van der Waals surface area (Å²) in [6.45, 7) is 0. The van der Waals surface area contributed by atoms with Gasteiger partial charge in [0.15, 0.2) is 11.3 Å². The molecule has 5 nitrogen and oxygen atoms in total. The Morgan fingerprint density at radius 1 is 1.26 bits per heavy atom. The largest absolute Gasteiger partial charge is 0.534 e. The van der Waals surface area contributed by atoms with Crippen molar-refractivity contribution in [2.75, 3.05) is 0 Å². The molecule has 0 fully saturated rings. The molecule has 0 radical (unpaired) electrons. The van der Waals surface area contributed by atoms with Gasteiger partial charge in [-0.1, -0.05) is 0 Å². The highest BCUT2D eigenvalue weighted by atomic mass is 32.2. The zero-order valence-electron chi connectivity index (χ0n) is 8.93. The smallest absolute Gasteiger partial charge is 0.463 e. The Bertz CT molecular complexity index is 770. The molecule has 0 atom stereocenters. The summed E-state index contributed by atoms with van der Waals surface area (Å²) < 4.78 is 67.3. The zero-order valence-corrected chi connectivity index (χ0v) is 9.75. The molecule has 0 N–H and O–H groups in total. The first-order chi connectivity index (χ1) is 8.76. The Labute approximate surface area is 104 Å². The Hall–Kier alpha value is -2.21. The number of fused-ring (bicyclic) bond motifs is 1. The summed E-state index contributed by atoms with van der Waals surface area (Å²) in [5, 5.41) is 8.72. The topological polar surface area (TPSA) is 80.3 Å². The molecule has 19 heavy (non-hydrogen) atoms. The minimum absolute atomic E-state index is 0.0353. The van der Waals surface area contributed by atoms with Crippen LogP contribution in [0.15, 0.2) is 28.9 Å². The van der Waals surface area contributed by atoms with Crippen LogP contribution in [0.1, 0.15) is 5.56 Å². The van der Waals surface area contributed by atoms with E-state index in [4.69, 9.17) is 9.68 Å². The quantitative estimate of drug-likeness (QED) is 0.627. The molecule has 0 amide bonds. The number of furan rings is 1. The van der Waals surface area contributed by atoms with Crippen LogP contribution < -0.4 is 4.18 Å². The van der Waals surface area contributed by atoms with Gasteiger partial charge >= 0.3 is 15.6 Å². The van der Waals surface area contributed by atoms with Crippen molar-refractivity contribution in [1.82, 2.24) is 0 Å². The van der Waals surface area contributed by atoms with Crippen molar-refractivity contribution in [2.24, 2.45) is 0 Å². The summed E-state index contributed by atoms with van der Waals surface area (Å²) in [7, 11) is -5.76. The van der Waals surface area contributed by atoms with Crippen molar-refractivity contribution in [3.05, 3.63) is 30.0 Å². The molecular weight excluding hydrogens is 287 g/mol. The molecule has 9 heteroatoms. The molecule has 0 spiro atoms. The van der Waals surface area contributed by atoms with Gasteiger partial charge in [0.2, 0.25) is 0 Å². The van der Waals surface area contributed by atoms with Gasteiger partial charge in [-0.15, -0.1) is 0 Å². The molecule has 100 valence electrons. The summed E-state index contributed by atoms with van der Waals surface area (Å²) in [6, 6.07) is 5.02. The van der Waals surface area contributed by atoms with Gasteiger partial charge in [0, 0.05) is 0 Å². The number of hydrogen-bond acceptors (Lipinski definition) is 5. The van der Waals surface area contributed by atoms with Gasteiger partial charge in [0.25, 0.3) is 0 Å². The van der Waals surface area contributed by atoms with Crippen LogP contribution in [0.4, 0.5) is 13.2 Å². The lowest BCUT2D eigenvalue weighted by Gasteiger charge is -2.10. The first kappa shape index (κ1) is 13.2. The van der Waals surface area contributed by atoms with Crippen LogP contribution in [0.2, 0.25) is 0 Å². The van der Waals surface area contributed by atoms with Crippen LogP contribution in [-0.4, -0.2) is 13.9 Å². The maximum Gasteiger partial charge on any atom is 0.534 e. The van der Waals surface area contributed by atoms with Gasteiger partial charge in [0.1, 0.15) is 6.07 Å². The highest BCUT2D eigenvalue weighted by Gasteiger charge is 2.48. The number of nitriles is 1. The lowest BCUT2D eigenvalue weighted by Crippen LogP contribution is -2.28. The molecule has 0 aliphatic heterocycles. The average molecular weight is 291 g/mol. The lowest BCUT2D eigenvalue weighted by molar-refractivity contribution is -0.0499. The van der Waals surface area contributed by atoms with E-state index < -0.39 is 21.4 Å². The Morgan fingerprint density at radius 3 is 2.53 bits per heavy atom. The van der Waals surface area contributed by atoms with Gasteiger partial charge in [-0.2, -0.15) is 26.9 Å². The first-order valence-corrected chi connectivity index (χ1v) is 6.08. The zero-order chi connectivity index (χ0) is 14.3. The monoisotopic (exact) mass is 291 g/mol. The second-order valence-corrected chi connectivity index (χ2v) is 4.91. The number of rotatable bonds is 2. The van der Waals surface area contributed by atoms with Crippen molar-refractivity contribution < 1.29 is 30.2 Å². The van der Waals surface area contributed by atoms with Crippen molar-refractivity contribution in [3.63, 3.8) is 0 Å². The van der Waals surface area contributed by atoms with Crippen LogP contribution in [0.3, 0.4) is 0 Å². The number of nitrogens with zero attached hydrogens (tertiary/aromatic N) is 1. The second kappa shape index (κ2) is 4.17. The van der Waals surface area contributed by atoms with Crippen molar-refractivity contribution in [3.8, 4) is 11.8 Å². The molecular formula is C10H4F3NO4S. The van der Waals surface area contributed by atoms with E-state index in [-0.39, 0.29) is 16.5 Å². The van der Waals surface area contributed by atoms with E-state index >= 15 is 0 Å². The minimum atomic E-state index is -5.76. The highest BCUT2D eigenvalue weighted by Crippen LogP contribution is 2.33. The third-order valence-corrected chi connectivity index (χ3v) is 3.15. The Kier molecular flexibility index (Phi) is 2.90. The normalized spacial score (nSPS) is 12.3. The third kappa shape index (κ3) is 2.22. The summed E-state index contributed by atoms with van der Waals surface area (Å²) in [5.74, 6) is -0.555. The van der Waals surface area contributed by atoms with E-state index in [1.165, 1.54) is 6.07 Å². The number of benzene rings is 1. The van der Waals surface area contributed by atoms with Gasteiger partial charge in [0.05, 0.1) is 17.2 Å². The maximum atomic E-state index is 12.2. The standard InChI is InChI=1S/C10H4F3NO4S/c11-10(12,13)19(15,16)18-8-2-1-6(5-14)9-7(8)3-4-17-9/h1-4H. The van der Waals surface area contributed by atoms with E-state index in [0.717, 1.165) is 18.4 Å². The molecule has 1 aromatic carbocycles. The molecule has 0 aliphatic carbocycles. The van der Waals surface area contributed by atoms with Crippen molar-refractivity contribution in [2.45, 2.75) is 5.51 Å². The molecule has 0 aliphatic rings. The number of halogens is 3. The van der Waals surface area contributed by atoms with Gasteiger partial charge in [-0.25, -0.2) is 0 Å². The lowest BCUT2D eigenvalue weighted by atomic mass is 10.1. The van der Waals surface area contributed by atoms with Gasteiger partial charge < -0.3 is 8.60 Å². The van der Waals surface area contributed by atoms with Gasteiger partial charge in [-0.3, -0.25) is 0 Å². The summed E-state index contributed by atoms with van der Waals surface area (Å²) in [6.07, 6.45) is 1.11. The molecule has 1 aromatic heterocycles. The van der Waals surface area contributed by atoms with E-state index in [2.05, 4.69) is 4.18 Å². The molecule has 2 aromatic rings. The van der Waals surface area contributed by atoms with Crippen LogP contribution in [-0.2, 0) is 10.1 Å². The predicted molar refractivity (Wildman–Crippen MR) is 56.5 cm³/mol. The van der Waals surface area contributed by atoms with E-state index in [1.807, 2.05) is 0 Å². The number of alkyl halides is 3. The molecule has 1 heterocycles. The molecule has 2 rings (SSSR count). The Balaban J connectivity index is 2.55. The number of hydrogen-bond donors (Lipinski definition) is 0. The van der Waals surface area contributed by atoms with Gasteiger partial charge in [-0.05, 0) is 18.2 Å². The van der Waals surface area contributed by atoms with Crippen molar-refractivity contribution >= 4 is 21.1 Å². The fourth-order valence-corrected chi connectivity index (χ4v) is 1.84.